The predicted molar refractivity (Wildman–Crippen MR) is 97.1 cm³/mol. The van der Waals surface area contributed by atoms with Gasteiger partial charge in [-0.2, -0.15) is 9.37 Å². The Balaban J connectivity index is 1.63. The summed E-state index contributed by atoms with van der Waals surface area (Å²) in [4.78, 5) is 15.4. The minimum Gasteiger partial charge on any atom is -0.356 e. The van der Waals surface area contributed by atoms with Crippen molar-refractivity contribution in [2.24, 2.45) is 0 Å². The van der Waals surface area contributed by atoms with Crippen molar-refractivity contribution in [3.05, 3.63) is 54.1 Å². The van der Waals surface area contributed by atoms with Crippen LogP contribution in [0, 0.1) is 5.95 Å². The van der Waals surface area contributed by atoms with E-state index in [2.05, 4.69) is 26.3 Å². The van der Waals surface area contributed by atoms with E-state index in [9.17, 15) is 4.39 Å². The van der Waals surface area contributed by atoms with Crippen LogP contribution in [0.3, 0.4) is 0 Å². The number of hydrogen-bond donors (Lipinski definition) is 1. The number of benzene rings is 1. The minimum absolute atomic E-state index is 0.474. The molecule has 2 aromatic heterocycles. The zero-order valence-corrected chi connectivity index (χ0v) is 14.0. The summed E-state index contributed by atoms with van der Waals surface area (Å²) in [6.45, 7) is 2.57. The minimum atomic E-state index is -0.474. The van der Waals surface area contributed by atoms with Crippen molar-refractivity contribution in [1.82, 2.24) is 15.0 Å². The van der Waals surface area contributed by atoms with Gasteiger partial charge in [0, 0.05) is 31.2 Å². The van der Waals surface area contributed by atoms with Gasteiger partial charge in [-0.15, -0.1) is 0 Å². The first-order valence-electron chi connectivity index (χ1n) is 8.66. The Morgan fingerprint density at radius 2 is 1.84 bits per heavy atom. The largest absolute Gasteiger partial charge is 0.356 e. The summed E-state index contributed by atoms with van der Waals surface area (Å²) in [5, 5.41) is 4.32. The van der Waals surface area contributed by atoms with Gasteiger partial charge < -0.3 is 10.2 Å². The lowest BCUT2D eigenvalue weighted by atomic mass is 10.1. The molecule has 128 valence electrons. The molecule has 1 aliphatic heterocycles. The average molecular weight is 337 g/mol. The third-order valence-corrected chi connectivity index (χ3v) is 4.48. The molecule has 1 saturated heterocycles. The number of hydrogen-bond acceptors (Lipinski definition) is 5. The lowest BCUT2D eigenvalue weighted by Crippen LogP contribution is -2.30. The number of piperidine rings is 1. The van der Waals surface area contributed by atoms with Crippen LogP contribution < -0.4 is 10.2 Å². The third-order valence-electron chi connectivity index (χ3n) is 4.48. The molecule has 5 nitrogen and oxygen atoms in total. The summed E-state index contributed by atoms with van der Waals surface area (Å²) in [5.74, 6) is 1.10. The van der Waals surface area contributed by atoms with Gasteiger partial charge in [0.2, 0.25) is 11.9 Å². The zero-order chi connectivity index (χ0) is 17.1. The summed E-state index contributed by atoms with van der Waals surface area (Å²) in [6.07, 6.45) is 5.20. The highest BCUT2D eigenvalue weighted by molar-refractivity contribution is 5.90. The second-order valence-corrected chi connectivity index (χ2v) is 6.28. The quantitative estimate of drug-likeness (QED) is 0.735. The molecule has 0 atom stereocenters. The van der Waals surface area contributed by atoms with Gasteiger partial charge in [0.15, 0.2) is 0 Å². The van der Waals surface area contributed by atoms with Crippen LogP contribution >= 0.6 is 0 Å². The zero-order valence-electron chi connectivity index (χ0n) is 14.0. The summed E-state index contributed by atoms with van der Waals surface area (Å²) in [5.41, 5.74) is 1.82. The number of nitrogens with one attached hydrogen (secondary N) is 1. The number of rotatable bonds is 4. The molecule has 0 saturated carbocycles. The van der Waals surface area contributed by atoms with Gasteiger partial charge in [-0.25, -0.2) is 9.97 Å². The van der Waals surface area contributed by atoms with E-state index < -0.39 is 5.95 Å². The van der Waals surface area contributed by atoms with Crippen LogP contribution in [0.4, 0.5) is 16.2 Å². The van der Waals surface area contributed by atoms with E-state index in [1.54, 1.807) is 6.07 Å². The van der Waals surface area contributed by atoms with Crippen molar-refractivity contribution in [3.63, 3.8) is 0 Å². The molecular formula is C19H20FN5. The summed E-state index contributed by atoms with van der Waals surface area (Å²) in [7, 11) is 0. The summed E-state index contributed by atoms with van der Waals surface area (Å²) >= 11 is 0. The Hall–Kier alpha value is -2.76. The number of halogens is 1. The molecule has 6 heteroatoms. The van der Waals surface area contributed by atoms with Crippen molar-refractivity contribution < 1.29 is 4.39 Å². The number of anilines is 2. The van der Waals surface area contributed by atoms with Crippen LogP contribution in [-0.2, 0) is 6.54 Å². The van der Waals surface area contributed by atoms with E-state index in [4.69, 9.17) is 4.98 Å². The number of nitrogens with zero attached hydrogens (tertiary/aromatic N) is 4. The molecule has 1 N–H and O–H groups in total. The van der Waals surface area contributed by atoms with Gasteiger partial charge in [-0.3, -0.25) is 0 Å². The highest BCUT2D eigenvalue weighted by atomic mass is 19.1. The SMILES string of the molecule is Fc1ccc(CNc2nc(N3CCCCC3)c3ccccc3n2)cn1. The van der Waals surface area contributed by atoms with Crippen LogP contribution in [0.1, 0.15) is 24.8 Å². The smallest absolute Gasteiger partial charge is 0.225 e. The van der Waals surface area contributed by atoms with Crippen LogP contribution in [0.5, 0.6) is 0 Å². The van der Waals surface area contributed by atoms with Gasteiger partial charge in [-0.05, 0) is 43.0 Å². The lowest BCUT2D eigenvalue weighted by molar-refractivity contribution is 0.574. The standard InChI is InChI=1S/C19H20FN5/c20-17-9-8-14(12-21-17)13-22-19-23-16-7-3-2-6-15(16)18(24-19)25-10-4-1-5-11-25/h2-3,6-9,12H,1,4-5,10-11,13H2,(H,22,23,24). The van der Waals surface area contributed by atoms with Crippen molar-refractivity contribution in [2.75, 3.05) is 23.3 Å². The predicted octanol–water partition coefficient (Wildman–Crippen LogP) is 3.77. The molecule has 0 amide bonds. The highest BCUT2D eigenvalue weighted by Crippen LogP contribution is 2.27. The van der Waals surface area contributed by atoms with Crippen LogP contribution in [0.2, 0.25) is 0 Å². The highest BCUT2D eigenvalue weighted by Gasteiger charge is 2.16. The molecule has 25 heavy (non-hydrogen) atoms. The maximum absolute atomic E-state index is 12.9. The Morgan fingerprint density at radius 3 is 2.64 bits per heavy atom. The van der Waals surface area contributed by atoms with Crippen molar-refractivity contribution in [1.29, 1.82) is 0 Å². The molecule has 0 spiro atoms. The average Bonchev–Trinajstić information content (AvgIpc) is 2.67. The number of fused-ring (bicyclic) bond motifs is 1. The molecule has 0 radical (unpaired) electrons. The Bertz CT molecular complexity index is 859. The molecular weight excluding hydrogens is 317 g/mol. The van der Waals surface area contributed by atoms with Gasteiger partial charge in [0.05, 0.1) is 5.52 Å². The maximum atomic E-state index is 12.9. The summed E-state index contributed by atoms with van der Waals surface area (Å²) < 4.78 is 12.9. The Labute approximate surface area is 145 Å². The van der Waals surface area contributed by atoms with Gasteiger partial charge in [0.25, 0.3) is 0 Å². The Morgan fingerprint density at radius 1 is 1.00 bits per heavy atom. The first-order valence-corrected chi connectivity index (χ1v) is 8.66. The van der Waals surface area contributed by atoms with E-state index >= 15 is 0 Å². The van der Waals surface area contributed by atoms with Gasteiger partial charge in [-0.1, -0.05) is 18.2 Å². The first-order chi connectivity index (χ1) is 12.3. The molecule has 4 rings (SSSR count). The second-order valence-electron chi connectivity index (χ2n) is 6.28. The molecule has 0 unspecified atom stereocenters. The van der Waals surface area contributed by atoms with E-state index in [0.29, 0.717) is 12.5 Å². The molecule has 3 aromatic rings. The van der Waals surface area contributed by atoms with E-state index in [1.165, 1.54) is 31.5 Å². The molecule has 1 aliphatic rings. The fraction of sp³-hybridized carbons (Fsp3) is 0.316. The third kappa shape index (κ3) is 3.52. The van der Waals surface area contributed by atoms with Crippen molar-refractivity contribution >= 4 is 22.7 Å². The van der Waals surface area contributed by atoms with E-state index in [1.807, 2.05) is 18.2 Å². The number of aromatic nitrogens is 3. The Kier molecular flexibility index (Phi) is 4.41. The maximum Gasteiger partial charge on any atom is 0.225 e. The number of para-hydroxylation sites is 1. The molecule has 0 aliphatic carbocycles. The normalized spacial score (nSPS) is 14.7. The van der Waals surface area contributed by atoms with Gasteiger partial charge >= 0.3 is 0 Å². The fourth-order valence-corrected chi connectivity index (χ4v) is 3.18. The van der Waals surface area contributed by atoms with Gasteiger partial charge in [0.1, 0.15) is 5.82 Å². The lowest BCUT2D eigenvalue weighted by Gasteiger charge is -2.28. The molecule has 1 fully saturated rings. The number of pyridine rings is 1. The monoisotopic (exact) mass is 337 g/mol. The molecule has 0 bridgehead atoms. The first kappa shape index (κ1) is 15.7. The van der Waals surface area contributed by atoms with Crippen LogP contribution in [0.25, 0.3) is 10.9 Å². The van der Waals surface area contributed by atoms with Crippen LogP contribution in [-0.4, -0.2) is 28.0 Å². The topological polar surface area (TPSA) is 53.9 Å². The fourth-order valence-electron chi connectivity index (χ4n) is 3.18. The molecule has 1 aromatic carbocycles. The van der Waals surface area contributed by atoms with Crippen LogP contribution in [0.15, 0.2) is 42.6 Å². The molecule has 3 heterocycles. The van der Waals surface area contributed by atoms with E-state index in [0.717, 1.165) is 35.4 Å². The van der Waals surface area contributed by atoms with Crippen molar-refractivity contribution in [3.8, 4) is 0 Å². The van der Waals surface area contributed by atoms with E-state index in [-0.39, 0.29) is 0 Å². The van der Waals surface area contributed by atoms with Crippen molar-refractivity contribution in [2.45, 2.75) is 25.8 Å². The summed E-state index contributed by atoms with van der Waals surface area (Å²) in [6, 6.07) is 11.2. The second kappa shape index (κ2) is 7.01.